The van der Waals surface area contributed by atoms with Crippen molar-refractivity contribution in [2.24, 2.45) is 0 Å². The quantitative estimate of drug-likeness (QED) is 0.562. The van der Waals surface area contributed by atoms with Gasteiger partial charge in [-0.3, -0.25) is 4.79 Å². The van der Waals surface area contributed by atoms with Crippen LogP contribution in [0.25, 0.3) is 10.2 Å². The Labute approximate surface area is 178 Å². The molecule has 1 aliphatic rings. The molecule has 0 radical (unpaired) electrons. The second kappa shape index (κ2) is 8.31. The molecule has 4 rings (SSSR count). The fourth-order valence-corrected chi connectivity index (χ4v) is 5.79. The maximum atomic E-state index is 13.0. The Morgan fingerprint density at radius 3 is 2.50 bits per heavy atom. The highest BCUT2D eigenvalue weighted by molar-refractivity contribution is 7.91. The van der Waals surface area contributed by atoms with Crippen molar-refractivity contribution >= 4 is 42.4 Å². The van der Waals surface area contributed by atoms with Crippen molar-refractivity contribution in [1.29, 1.82) is 0 Å². The first-order chi connectivity index (χ1) is 14.3. The fourth-order valence-electron chi connectivity index (χ4n) is 3.44. The molecule has 9 heteroatoms. The number of benzene rings is 2. The molecule has 0 N–H and O–H groups in total. The third-order valence-electron chi connectivity index (χ3n) is 5.19. The molecule has 0 saturated carbocycles. The van der Waals surface area contributed by atoms with Crippen molar-refractivity contribution in [2.75, 3.05) is 36.8 Å². The number of rotatable bonds is 5. The highest BCUT2D eigenvalue weighted by Gasteiger charge is 2.25. The van der Waals surface area contributed by atoms with E-state index in [-0.39, 0.29) is 23.0 Å². The normalized spacial score (nSPS) is 15.0. The van der Waals surface area contributed by atoms with Crippen LogP contribution < -0.4 is 4.90 Å². The summed E-state index contributed by atoms with van der Waals surface area (Å²) in [5.41, 5.74) is 2.17. The van der Waals surface area contributed by atoms with Crippen LogP contribution in [0.4, 0.5) is 9.52 Å². The molecular formula is C21H22FN3O3S2. The fraction of sp³-hybridized carbons (Fsp3) is 0.333. The predicted molar refractivity (Wildman–Crippen MR) is 116 cm³/mol. The number of piperazine rings is 1. The summed E-state index contributed by atoms with van der Waals surface area (Å²) < 4.78 is 38.9. The minimum absolute atomic E-state index is 0.0348. The molecule has 1 saturated heterocycles. The number of hydrogen-bond donors (Lipinski definition) is 0. The topological polar surface area (TPSA) is 70.6 Å². The van der Waals surface area contributed by atoms with Crippen LogP contribution in [-0.4, -0.2) is 56.1 Å². The molecule has 1 amide bonds. The molecule has 1 aliphatic heterocycles. The van der Waals surface area contributed by atoms with Gasteiger partial charge in [0.25, 0.3) is 0 Å². The maximum Gasteiger partial charge on any atom is 0.223 e. The number of thiazole rings is 1. The Kier molecular flexibility index (Phi) is 5.75. The summed E-state index contributed by atoms with van der Waals surface area (Å²) in [6, 6.07) is 10.9. The Morgan fingerprint density at radius 1 is 1.10 bits per heavy atom. The summed E-state index contributed by atoms with van der Waals surface area (Å²) in [6.07, 6.45) is -0.0832. The van der Waals surface area contributed by atoms with E-state index < -0.39 is 15.7 Å². The molecule has 2 aromatic carbocycles. The summed E-state index contributed by atoms with van der Waals surface area (Å²) in [6.45, 7) is 4.44. The highest BCUT2D eigenvalue weighted by atomic mass is 32.2. The summed E-state index contributed by atoms with van der Waals surface area (Å²) >= 11 is 1.65. The van der Waals surface area contributed by atoms with Crippen molar-refractivity contribution in [2.45, 2.75) is 18.2 Å². The molecule has 0 spiro atoms. The van der Waals surface area contributed by atoms with E-state index in [4.69, 9.17) is 4.98 Å². The number of sulfone groups is 1. The van der Waals surface area contributed by atoms with Crippen LogP contribution in [0.3, 0.4) is 0 Å². The van der Waals surface area contributed by atoms with Crippen molar-refractivity contribution in [3.63, 3.8) is 0 Å². The van der Waals surface area contributed by atoms with E-state index in [2.05, 4.69) is 17.9 Å². The highest BCUT2D eigenvalue weighted by Crippen LogP contribution is 2.30. The zero-order chi connectivity index (χ0) is 21.3. The number of anilines is 1. The first-order valence-electron chi connectivity index (χ1n) is 9.70. The van der Waals surface area contributed by atoms with E-state index in [9.17, 15) is 17.6 Å². The van der Waals surface area contributed by atoms with Gasteiger partial charge in [0.1, 0.15) is 5.82 Å². The summed E-state index contributed by atoms with van der Waals surface area (Å²) in [4.78, 5) is 21.1. The van der Waals surface area contributed by atoms with Gasteiger partial charge in [-0.15, -0.1) is 0 Å². The number of halogens is 1. The van der Waals surface area contributed by atoms with Gasteiger partial charge >= 0.3 is 0 Å². The predicted octanol–water partition coefficient (Wildman–Crippen LogP) is 3.26. The second-order valence-corrected chi connectivity index (χ2v) is 10.5. The number of nitrogens with zero attached hydrogens (tertiary/aromatic N) is 3. The van der Waals surface area contributed by atoms with Gasteiger partial charge < -0.3 is 9.80 Å². The number of aromatic nitrogens is 1. The molecule has 2 heterocycles. The Balaban J connectivity index is 1.33. The average Bonchev–Trinajstić information content (AvgIpc) is 3.16. The first kappa shape index (κ1) is 20.7. The number of carbonyl (C=O) groups excluding carboxylic acids is 1. The molecule has 3 aromatic rings. The number of aryl methyl sites for hydroxylation is 1. The SMILES string of the molecule is Cc1ccc2nc(N3CCN(C(=O)CCS(=O)(=O)c4ccc(F)cc4)CC3)sc2c1. The Bertz CT molecular complexity index is 1170. The molecule has 30 heavy (non-hydrogen) atoms. The molecule has 1 aromatic heterocycles. The molecule has 0 unspecified atom stereocenters. The number of amides is 1. The molecule has 6 nitrogen and oxygen atoms in total. The molecular weight excluding hydrogens is 425 g/mol. The lowest BCUT2D eigenvalue weighted by Crippen LogP contribution is -2.49. The largest absolute Gasteiger partial charge is 0.345 e. The van der Waals surface area contributed by atoms with Crippen LogP contribution in [0.1, 0.15) is 12.0 Å². The Hall–Kier alpha value is -2.52. The van der Waals surface area contributed by atoms with Crippen LogP contribution in [-0.2, 0) is 14.6 Å². The van der Waals surface area contributed by atoms with E-state index in [1.165, 1.54) is 17.7 Å². The van der Waals surface area contributed by atoms with Gasteiger partial charge in [-0.1, -0.05) is 17.4 Å². The summed E-state index contributed by atoms with van der Waals surface area (Å²) in [5.74, 6) is -0.957. The molecule has 158 valence electrons. The monoisotopic (exact) mass is 447 g/mol. The minimum atomic E-state index is -3.62. The zero-order valence-corrected chi connectivity index (χ0v) is 18.2. The lowest BCUT2D eigenvalue weighted by atomic mass is 10.2. The van der Waals surface area contributed by atoms with Crippen LogP contribution in [0, 0.1) is 12.7 Å². The van der Waals surface area contributed by atoms with Gasteiger partial charge in [0, 0.05) is 32.6 Å². The van der Waals surface area contributed by atoms with Crippen molar-refractivity contribution in [3.8, 4) is 0 Å². The van der Waals surface area contributed by atoms with Crippen LogP contribution in [0.5, 0.6) is 0 Å². The summed E-state index contributed by atoms with van der Waals surface area (Å²) in [5, 5.41) is 0.946. The standard InChI is InChI=1S/C21H22FN3O3S2/c1-15-2-7-18-19(14-15)29-21(23-18)25-11-9-24(10-12-25)20(26)8-13-30(27,28)17-5-3-16(22)4-6-17/h2-7,14H,8-13H2,1H3. The number of fused-ring (bicyclic) bond motifs is 1. The second-order valence-electron chi connectivity index (χ2n) is 7.36. The van der Waals surface area contributed by atoms with Gasteiger partial charge in [0.2, 0.25) is 5.91 Å². The van der Waals surface area contributed by atoms with Crippen LogP contribution in [0.15, 0.2) is 47.4 Å². The van der Waals surface area contributed by atoms with Gasteiger partial charge in [-0.25, -0.2) is 17.8 Å². The molecule has 0 bridgehead atoms. The van der Waals surface area contributed by atoms with Crippen molar-refractivity contribution in [1.82, 2.24) is 9.88 Å². The number of carbonyl (C=O) groups is 1. The summed E-state index contributed by atoms with van der Waals surface area (Å²) in [7, 11) is -3.62. The molecule has 0 atom stereocenters. The minimum Gasteiger partial charge on any atom is -0.345 e. The van der Waals surface area contributed by atoms with Crippen LogP contribution >= 0.6 is 11.3 Å². The average molecular weight is 448 g/mol. The number of hydrogen-bond acceptors (Lipinski definition) is 6. The molecule has 1 fully saturated rings. The van der Waals surface area contributed by atoms with Gasteiger partial charge in [-0.05, 0) is 48.9 Å². The van der Waals surface area contributed by atoms with E-state index >= 15 is 0 Å². The third-order valence-corrected chi connectivity index (χ3v) is 8.00. The van der Waals surface area contributed by atoms with E-state index in [0.717, 1.165) is 27.5 Å². The van der Waals surface area contributed by atoms with Crippen molar-refractivity contribution < 1.29 is 17.6 Å². The van der Waals surface area contributed by atoms with Gasteiger partial charge in [0.05, 0.1) is 20.9 Å². The third kappa shape index (κ3) is 4.46. The Morgan fingerprint density at radius 2 is 1.80 bits per heavy atom. The first-order valence-corrected chi connectivity index (χ1v) is 12.2. The zero-order valence-electron chi connectivity index (χ0n) is 16.5. The lowest BCUT2D eigenvalue weighted by molar-refractivity contribution is -0.131. The van der Waals surface area contributed by atoms with Crippen molar-refractivity contribution in [3.05, 3.63) is 53.8 Å². The van der Waals surface area contributed by atoms with E-state index in [1.54, 1.807) is 16.2 Å². The van der Waals surface area contributed by atoms with Gasteiger partial charge in [0.15, 0.2) is 15.0 Å². The molecule has 0 aliphatic carbocycles. The lowest BCUT2D eigenvalue weighted by Gasteiger charge is -2.34. The smallest absolute Gasteiger partial charge is 0.223 e. The van der Waals surface area contributed by atoms with E-state index in [1.807, 2.05) is 12.1 Å². The van der Waals surface area contributed by atoms with Gasteiger partial charge in [-0.2, -0.15) is 0 Å². The van der Waals surface area contributed by atoms with Crippen LogP contribution in [0.2, 0.25) is 0 Å². The maximum absolute atomic E-state index is 13.0. The van der Waals surface area contributed by atoms with E-state index in [0.29, 0.717) is 26.2 Å².